The van der Waals surface area contributed by atoms with Crippen LogP contribution in [-0.2, 0) is 19.2 Å². The van der Waals surface area contributed by atoms with E-state index in [0.717, 1.165) is 0 Å². The second kappa shape index (κ2) is 10.2. The predicted molar refractivity (Wildman–Crippen MR) is 140 cm³/mol. The molecule has 2 aliphatic heterocycles. The van der Waals surface area contributed by atoms with E-state index in [9.17, 15) is 37.6 Å². The summed E-state index contributed by atoms with van der Waals surface area (Å²) >= 11 is 0. The Morgan fingerprint density at radius 3 is 2.44 bits per heavy atom. The lowest BCUT2D eigenvalue weighted by Crippen LogP contribution is -2.61. The summed E-state index contributed by atoms with van der Waals surface area (Å²) in [6.45, 7) is 8.56. The number of anilines is 1. The third kappa shape index (κ3) is 5.56. The zero-order valence-electron chi connectivity index (χ0n) is 23.7. The molecule has 1 unspecified atom stereocenters. The summed E-state index contributed by atoms with van der Waals surface area (Å²) in [4.78, 5) is 53.0. The number of fused-ring (bicyclic) bond motifs is 2. The number of alkyl halides is 3. The van der Waals surface area contributed by atoms with Crippen LogP contribution in [0.1, 0.15) is 52.5 Å². The second-order valence-electron chi connectivity index (χ2n) is 12.6. The minimum absolute atomic E-state index is 0.0430. The van der Waals surface area contributed by atoms with Crippen LogP contribution in [-0.4, -0.2) is 66.5 Å². The fourth-order valence-corrected chi connectivity index (χ4v) is 6.14. The molecule has 10 nitrogen and oxygen atoms in total. The lowest BCUT2D eigenvalue weighted by Gasteiger charge is -2.37. The van der Waals surface area contributed by atoms with E-state index in [4.69, 9.17) is 4.74 Å². The van der Waals surface area contributed by atoms with Gasteiger partial charge in [0.2, 0.25) is 17.7 Å². The zero-order chi connectivity index (χ0) is 30.7. The molecule has 2 heterocycles. The molecule has 3 N–H and O–H groups in total. The number of ether oxygens (including phenoxy) is 1. The number of methoxy groups -OCH3 is 1. The van der Waals surface area contributed by atoms with Crippen LogP contribution >= 0.6 is 0 Å². The summed E-state index contributed by atoms with van der Waals surface area (Å²) in [5, 5.41) is 17.1. The van der Waals surface area contributed by atoms with Crippen molar-refractivity contribution < 1.29 is 37.1 Å². The molecule has 13 heteroatoms. The Morgan fingerprint density at radius 2 is 1.88 bits per heavy atom. The van der Waals surface area contributed by atoms with Crippen LogP contribution in [0.4, 0.5) is 18.9 Å². The summed E-state index contributed by atoms with van der Waals surface area (Å²) in [6, 6.07) is 3.37. The first-order valence-corrected chi connectivity index (χ1v) is 13.3. The molecular formula is C28H34F3N5O5. The number of likely N-dealkylation sites (tertiary alicyclic amines) is 1. The Bertz CT molecular complexity index is 1320. The van der Waals surface area contributed by atoms with Gasteiger partial charge in [0.05, 0.1) is 19.1 Å². The third-order valence-corrected chi connectivity index (χ3v) is 8.56. The molecule has 4 rings (SSSR count). The maximum Gasteiger partial charge on any atom is 0.471 e. The zero-order valence-corrected chi connectivity index (χ0v) is 23.7. The maximum atomic E-state index is 13.7. The summed E-state index contributed by atoms with van der Waals surface area (Å²) < 4.78 is 44.4. The van der Waals surface area contributed by atoms with Crippen molar-refractivity contribution in [2.45, 2.75) is 71.3 Å². The number of nitrogens with one attached hydrogen (secondary N) is 3. The fraction of sp³-hybridized carbons (Fsp3) is 0.607. The van der Waals surface area contributed by atoms with Crippen LogP contribution in [0.5, 0.6) is 5.75 Å². The minimum atomic E-state index is -5.19. The fourth-order valence-electron chi connectivity index (χ4n) is 6.14. The van der Waals surface area contributed by atoms with Gasteiger partial charge in [-0.15, -0.1) is 0 Å². The first kappa shape index (κ1) is 30.1. The van der Waals surface area contributed by atoms with Gasteiger partial charge in [-0.2, -0.15) is 18.4 Å². The van der Waals surface area contributed by atoms with Gasteiger partial charge in [0, 0.05) is 12.2 Å². The van der Waals surface area contributed by atoms with Crippen LogP contribution in [0.15, 0.2) is 18.2 Å². The van der Waals surface area contributed by atoms with Crippen LogP contribution in [0.3, 0.4) is 0 Å². The van der Waals surface area contributed by atoms with Crippen molar-refractivity contribution in [2.24, 2.45) is 22.7 Å². The van der Waals surface area contributed by atoms with E-state index < -0.39 is 53.4 Å². The first-order chi connectivity index (χ1) is 18.9. The summed E-state index contributed by atoms with van der Waals surface area (Å²) in [5.74, 6) is -4.60. The lowest BCUT2D eigenvalue weighted by molar-refractivity contribution is -0.176. The Morgan fingerprint density at radius 1 is 1.22 bits per heavy atom. The molecular weight excluding hydrogens is 543 g/mol. The number of benzene rings is 1. The highest BCUT2D eigenvalue weighted by molar-refractivity contribution is 6.03. The Kier molecular flexibility index (Phi) is 7.52. The number of nitrogens with zero attached hydrogens (tertiary/aromatic N) is 2. The van der Waals surface area contributed by atoms with E-state index in [-0.39, 0.29) is 36.1 Å². The quantitative estimate of drug-likeness (QED) is 0.455. The lowest BCUT2D eigenvalue weighted by atomic mass is 9.85. The number of carbonyl (C=O) groups excluding carboxylic acids is 4. The number of nitriles is 1. The van der Waals surface area contributed by atoms with E-state index in [0.29, 0.717) is 17.0 Å². The van der Waals surface area contributed by atoms with Gasteiger partial charge >= 0.3 is 12.1 Å². The number of piperidine rings is 1. The molecule has 3 aliphatic rings. The highest BCUT2D eigenvalue weighted by Gasteiger charge is 2.70. The minimum Gasteiger partial charge on any atom is -0.497 e. The monoisotopic (exact) mass is 577 g/mol. The van der Waals surface area contributed by atoms with Crippen molar-refractivity contribution in [3.05, 3.63) is 23.8 Å². The number of hydrogen-bond acceptors (Lipinski definition) is 6. The van der Waals surface area contributed by atoms with E-state index in [2.05, 4.69) is 10.6 Å². The first-order valence-electron chi connectivity index (χ1n) is 13.3. The molecule has 0 bridgehead atoms. The van der Waals surface area contributed by atoms with E-state index in [1.165, 1.54) is 32.8 Å². The standard InChI is InChI=1S/C28H34F3N5O5/c1-26(2,3)21(35-25(40)28(29,30)31)24(39)36-12-17-19(27(17,4)5)20(36)23(38)33-13(11-32)9-16-15-10-14(41-6)7-8-18(15)34-22(16)37/h7-8,10,13,16-17,19-21H,9,12H2,1-6H3,(H,33,38)(H,34,37)(H,35,40)/t13-,16?,17-,19+,20-,21+/m0/s1. The van der Waals surface area contributed by atoms with Crippen molar-refractivity contribution in [2.75, 3.05) is 19.0 Å². The van der Waals surface area contributed by atoms with Crippen molar-refractivity contribution in [1.82, 2.24) is 15.5 Å². The van der Waals surface area contributed by atoms with Gasteiger partial charge in [-0.25, -0.2) is 0 Å². The summed E-state index contributed by atoms with van der Waals surface area (Å²) in [7, 11) is 1.49. The molecule has 1 aromatic carbocycles. The smallest absolute Gasteiger partial charge is 0.471 e. The molecule has 6 atom stereocenters. The molecule has 1 saturated heterocycles. The number of hydrogen-bond donors (Lipinski definition) is 3. The van der Waals surface area contributed by atoms with E-state index >= 15 is 0 Å². The third-order valence-electron chi connectivity index (χ3n) is 8.56. The SMILES string of the molecule is COc1ccc2c(c1)C(C[C@@H](C#N)NC(=O)[C@@H]1[C@H]3[C@H](CN1C(=O)[C@@H](NC(=O)C(F)(F)F)C(C)(C)C)C3(C)C)C(=O)N2. The van der Waals surface area contributed by atoms with Crippen LogP contribution < -0.4 is 20.7 Å². The van der Waals surface area contributed by atoms with Crippen molar-refractivity contribution in [3.63, 3.8) is 0 Å². The largest absolute Gasteiger partial charge is 0.497 e. The summed E-state index contributed by atoms with van der Waals surface area (Å²) in [5.41, 5.74) is -0.207. The van der Waals surface area contributed by atoms with E-state index in [1.54, 1.807) is 18.2 Å². The maximum absolute atomic E-state index is 13.7. The Labute approximate surface area is 236 Å². The number of amides is 4. The molecule has 0 radical (unpaired) electrons. The van der Waals surface area contributed by atoms with Gasteiger partial charge in [-0.05, 0) is 52.8 Å². The topological polar surface area (TPSA) is 141 Å². The average molecular weight is 578 g/mol. The van der Waals surface area contributed by atoms with Gasteiger partial charge in [0.1, 0.15) is 23.9 Å². The number of carbonyl (C=O) groups is 4. The van der Waals surface area contributed by atoms with Gasteiger partial charge in [-0.1, -0.05) is 34.6 Å². The normalized spacial score (nSPS) is 25.7. The molecule has 1 aromatic rings. The van der Waals surface area contributed by atoms with Gasteiger partial charge < -0.3 is 25.6 Å². The van der Waals surface area contributed by atoms with Crippen molar-refractivity contribution in [1.29, 1.82) is 5.26 Å². The Balaban J connectivity index is 1.55. The molecule has 4 amide bonds. The molecule has 0 spiro atoms. The molecule has 1 aliphatic carbocycles. The van der Waals surface area contributed by atoms with E-state index in [1.807, 2.05) is 25.2 Å². The van der Waals surface area contributed by atoms with Gasteiger partial charge in [0.25, 0.3) is 0 Å². The summed E-state index contributed by atoms with van der Waals surface area (Å²) in [6.07, 6.45) is -5.23. The van der Waals surface area contributed by atoms with Gasteiger partial charge in [0.15, 0.2) is 0 Å². The highest BCUT2D eigenvalue weighted by Crippen LogP contribution is 2.65. The molecule has 41 heavy (non-hydrogen) atoms. The predicted octanol–water partition coefficient (Wildman–Crippen LogP) is 2.71. The number of halogens is 3. The molecule has 1 saturated carbocycles. The molecule has 222 valence electrons. The molecule has 0 aromatic heterocycles. The average Bonchev–Trinajstić information content (AvgIpc) is 3.17. The van der Waals surface area contributed by atoms with Crippen molar-refractivity contribution >= 4 is 29.3 Å². The van der Waals surface area contributed by atoms with Crippen LogP contribution in [0, 0.1) is 34.0 Å². The number of rotatable bonds is 7. The van der Waals surface area contributed by atoms with Crippen LogP contribution in [0.25, 0.3) is 0 Å². The van der Waals surface area contributed by atoms with Gasteiger partial charge in [-0.3, -0.25) is 19.2 Å². The van der Waals surface area contributed by atoms with Crippen LogP contribution in [0.2, 0.25) is 0 Å². The Hall–Kier alpha value is -3.82. The second-order valence-corrected chi connectivity index (χ2v) is 12.6. The highest BCUT2D eigenvalue weighted by atomic mass is 19.4. The van der Waals surface area contributed by atoms with Crippen molar-refractivity contribution in [3.8, 4) is 11.8 Å². The molecule has 2 fully saturated rings.